The lowest BCUT2D eigenvalue weighted by atomic mass is 9.81. The summed E-state index contributed by atoms with van der Waals surface area (Å²) >= 11 is 0. The molecule has 3 heteroatoms. The predicted octanol–water partition coefficient (Wildman–Crippen LogP) is 2.39. The normalized spacial score (nSPS) is 26.5. The molecule has 0 aliphatic carbocycles. The summed E-state index contributed by atoms with van der Waals surface area (Å²) in [6.45, 7) is 9.38. The Kier molecular flexibility index (Phi) is 4.14. The van der Waals surface area contributed by atoms with Crippen LogP contribution in [-0.2, 0) is 14.3 Å². The van der Waals surface area contributed by atoms with Crippen molar-refractivity contribution in [1.82, 2.24) is 0 Å². The predicted molar refractivity (Wildman–Crippen MR) is 58.6 cm³/mol. The van der Waals surface area contributed by atoms with Gasteiger partial charge in [0, 0.05) is 5.92 Å². The molecule has 1 aliphatic heterocycles. The highest BCUT2D eigenvalue weighted by Crippen LogP contribution is 2.42. The van der Waals surface area contributed by atoms with E-state index in [4.69, 9.17) is 9.47 Å². The first-order valence-corrected chi connectivity index (χ1v) is 5.89. The highest BCUT2D eigenvalue weighted by Gasteiger charge is 2.59. The molecule has 0 radical (unpaired) electrons. The fourth-order valence-electron chi connectivity index (χ4n) is 2.22. The average Bonchev–Trinajstić information content (AvgIpc) is 2.96. The fraction of sp³-hybridized carbons (Fsp3) is 0.917. The van der Waals surface area contributed by atoms with Crippen molar-refractivity contribution in [3.8, 4) is 0 Å². The third kappa shape index (κ3) is 2.51. The molecule has 1 rings (SSSR count). The summed E-state index contributed by atoms with van der Waals surface area (Å²) in [6.07, 6.45) is 1.82. The molecule has 0 bridgehead atoms. The van der Waals surface area contributed by atoms with Crippen molar-refractivity contribution >= 4 is 5.97 Å². The van der Waals surface area contributed by atoms with Crippen molar-refractivity contribution in [2.24, 2.45) is 11.8 Å². The van der Waals surface area contributed by atoms with Crippen LogP contribution in [0.3, 0.4) is 0 Å². The molecular weight excluding hydrogens is 192 g/mol. The van der Waals surface area contributed by atoms with Gasteiger partial charge in [0.1, 0.15) is 0 Å². The van der Waals surface area contributed by atoms with Crippen molar-refractivity contribution in [2.45, 2.75) is 46.1 Å². The molecule has 2 unspecified atom stereocenters. The van der Waals surface area contributed by atoms with Gasteiger partial charge < -0.3 is 9.47 Å². The first-order valence-electron chi connectivity index (χ1n) is 5.89. The van der Waals surface area contributed by atoms with Crippen LogP contribution in [-0.4, -0.2) is 24.8 Å². The molecular formula is C12H22O3. The molecule has 0 aromatic carbocycles. The Hall–Kier alpha value is -0.570. The van der Waals surface area contributed by atoms with Crippen LogP contribution in [0.4, 0.5) is 0 Å². The van der Waals surface area contributed by atoms with E-state index in [0.29, 0.717) is 19.1 Å². The second-order valence-electron chi connectivity index (χ2n) is 4.57. The van der Waals surface area contributed by atoms with Crippen LogP contribution in [0.2, 0.25) is 0 Å². The Labute approximate surface area is 92.1 Å². The van der Waals surface area contributed by atoms with Gasteiger partial charge in [-0.3, -0.25) is 0 Å². The third-order valence-corrected chi connectivity index (χ3v) is 3.08. The molecule has 0 N–H and O–H groups in total. The summed E-state index contributed by atoms with van der Waals surface area (Å²) < 4.78 is 10.6. The minimum Gasteiger partial charge on any atom is -0.463 e. The van der Waals surface area contributed by atoms with Crippen LogP contribution >= 0.6 is 0 Å². The highest BCUT2D eigenvalue weighted by molar-refractivity contribution is 5.82. The number of ether oxygens (including phenoxy) is 2. The van der Waals surface area contributed by atoms with Crippen molar-refractivity contribution in [3.05, 3.63) is 0 Å². The molecule has 88 valence electrons. The van der Waals surface area contributed by atoms with Crippen LogP contribution in [0.5, 0.6) is 0 Å². The maximum atomic E-state index is 11.8. The van der Waals surface area contributed by atoms with Crippen molar-refractivity contribution in [2.75, 3.05) is 13.2 Å². The molecule has 1 aliphatic rings. The van der Waals surface area contributed by atoms with Crippen LogP contribution in [0.15, 0.2) is 0 Å². The lowest BCUT2D eigenvalue weighted by Gasteiger charge is -2.24. The molecule has 3 nitrogen and oxygen atoms in total. The van der Waals surface area contributed by atoms with Gasteiger partial charge in [0.25, 0.3) is 0 Å². The van der Waals surface area contributed by atoms with Gasteiger partial charge in [-0.1, -0.05) is 27.7 Å². The van der Waals surface area contributed by atoms with E-state index in [2.05, 4.69) is 20.8 Å². The SMILES string of the molecule is CCCOC(=O)C1(C(CC)C(C)C)CO1. The summed E-state index contributed by atoms with van der Waals surface area (Å²) in [5.41, 5.74) is -0.613. The number of rotatable bonds is 6. The van der Waals surface area contributed by atoms with Gasteiger partial charge in [0.2, 0.25) is 0 Å². The van der Waals surface area contributed by atoms with E-state index in [1.54, 1.807) is 0 Å². The summed E-state index contributed by atoms with van der Waals surface area (Å²) in [6, 6.07) is 0. The summed E-state index contributed by atoms with van der Waals surface area (Å²) in [4.78, 5) is 11.8. The Bertz CT molecular complexity index is 219. The van der Waals surface area contributed by atoms with Gasteiger partial charge in [-0.2, -0.15) is 0 Å². The standard InChI is InChI=1S/C12H22O3/c1-5-7-14-11(13)12(8-15-12)10(6-2)9(3)4/h9-10H,5-8H2,1-4H3. The quantitative estimate of drug-likeness (QED) is 0.503. The second kappa shape index (κ2) is 4.97. The number of carbonyl (C=O) groups is 1. The fourth-order valence-corrected chi connectivity index (χ4v) is 2.22. The molecule has 15 heavy (non-hydrogen) atoms. The Balaban J connectivity index is 2.61. The van der Waals surface area contributed by atoms with Gasteiger partial charge in [-0.25, -0.2) is 4.79 Å². The van der Waals surface area contributed by atoms with Gasteiger partial charge in [-0.15, -0.1) is 0 Å². The molecule has 0 amide bonds. The van der Waals surface area contributed by atoms with Gasteiger partial charge in [0.15, 0.2) is 5.60 Å². The highest BCUT2D eigenvalue weighted by atomic mass is 16.6. The summed E-state index contributed by atoms with van der Waals surface area (Å²) in [5, 5.41) is 0. The minimum absolute atomic E-state index is 0.162. The molecule has 0 aromatic heterocycles. The van der Waals surface area contributed by atoms with E-state index in [1.165, 1.54) is 0 Å². The molecule has 2 atom stereocenters. The zero-order valence-electron chi connectivity index (χ0n) is 10.2. The van der Waals surface area contributed by atoms with Gasteiger partial charge in [-0.05, 0) is 18.8 Å². The smallest absolute Gasteiger partial charge is 0.341 e. The molecule has 1 heterocycles. The zero-order valence-corrected chi connectivity index (χ0v) is 10.2. The van der Waals surface area contributed by atoms with Crippen LogP contribution in [0, 0.1) is 11.8 Å². The number of esters is 1. The Morgan fingerprint density at radius 3 is 2.40 bits per heavy atom. The van der Waals surface area contributed by atoms with Crippen LogP contribution in [0.25, 0.3) is 0 Å². The molecule has 0 spiro atoms. The zero-order chi connectivity index (χ0) is 11.5. The monoisotopic (exact) mass is 214 g/mol. The molecule has 0 saturated carbocycles. The number of hydrogen-bond donors (Lipinski definition) is 0. The minimum atomic E-state index is -0.613. The van der Waals surface area contributed by atoms with Crippen molar-refractivity contribution in [3.63, 3.8) is 0 Å². The van der Waals surface area contributed by atoms with E-state index >= 15 is 0 Å². The maximum absolute atomic E-state index is 11.8. The number of epoxide rings is 1. The summed E-state index contributed by atoms with van der Waals surface area (Å²) in [7, 11) is 0. The second-order valence-corrected chi connectivity index (χ2v) is 4.57. The lowest BCUT2D eigenvalue weighted by Crippen LogP contribution is -2.38. The first kappa shape index (κ1) is 12.5. The lowest BCUT2D eigenvalue weighted by molar-refractivity contribution is -0.153. The first-order chi connectivity index (χ1) is 7.08. The van der Waals surface area contributed by atoms with E-state index in [0.717, 1.165) is 12.8 Å². The average molecular weight is 214 g/mol. The van der Waals surface area contributed by atoms with Gasteiger partial charge in [0.05, 0.1) is 13.2 Å². The van der Waals surface area contributed by atoms with E-state index in [9.17, 15) is 4.79 Å². The van der Waals surface area contributed by atoms with E-state index in [-0.39, 0.29) is 11.9 Å². The largest absolute Gasteiger partial charge is 0.463 e. The Morgan fingerprint density at radius 1 is 1.47 bits per heavy atom. The topological polar surface area (TPSA) is 38.8 Å². The number of carbonyl (C=O) groups excluding carboxylic acids is 1. The van der Waals surface area contributed by atoms with Crippen LogP contribution in [0.1, 0.15) is 40.5 Å². The Morgan fingerprint density at radius 2 is 2.07 bits per heavy atom. The third-order valence-electron chi connectivity index (χ3n) is 3.08. The van der Waals surface area contributed by atoms with Gasteiger partial charge >= 0.3 is 5.97 Å². The van der Waals surface area contributed by atoms with Crippen molar-refractivity contribution < 1.29 is 14.3 Å². The molecule has 0 aromatic rings. The molecule has 1 fully saturated rings. The van der Waals surface area contributed by atoms with E-state index in [1.807, 2.05) is 6.92 Å². The van der Waals surface area contributed by atoms with Crippen molar-refractivity contribution in [1.29, 1.82) is 0 Å². The molecule has 1 saturated heterocycles. The van der Waals surface area contributed by atoms with E-state index < -0.39 is 5.60 Å². The van der Waals surface area contributed by atoms with Crippen LogP contribution < -0.4 is 0 Å². The summed E-state index contributed by atoms with van der Waals surface area (Å²) in [5.74, 6) is 0.568. The maximum Gasteiger partial charge on any atom is 0.341 e. The number of hydrogen-bond acceptors (Lipinski definition) is 3.